The summed E-state index contributed by atoms with van der Waals surface area (Å²) < 4.78 is 5.43. The van der Waals surface area contributed by atoms with Crippen LogP contribution in [-0.4, -0.2) is 85.7 Å². The van der Waals surface area contributed by atoms with E-state index in [0.717, 1.165) is 25.1 Å². The van der Waals surface area contributed by atoms with Gasteiger partial charge < -0.3 is 24.8 Å². The minimum absolute atomic E-state index is 0.121. The van der Waals surface area contributed by atoms with Gasteiger partial charge in [-0.1, -0.05) is 11.6 Å². The first-order valence-electron chi connectivity index (χ1n) is 10.4. The van der Waals surface area contributed by atoms with E-state index in [1.807, 2.05) is 9.80 Å². The fraction of sp³-hybridized carbons (Fsp3) is 0.619. The number of likely N-dealkylation sites (tertiary alicyclic amines) is 2. The smallest absolute Gasteiger partial charge is 0.321 e. The first-order chi connectivity index (χ1) is 14.0. The van der Waals surface area contributed by atoms with Crippen molar-refractivity contribution >= 4 is 29.2 Å². The first-order valence-corrected chi connectivity index (χ1v) is 10.8. The van der Waals surface area contributed by atoms with Gasteiger partial charge in [-0.15, -0.1) is 0 Å². The molecule has 8 heteroatoms. The van der Waals surface area contributed by atoms with Crippen LogP contribution >= 0.6 is 11.6 Å². The number of rotatable bonds is 2. The van der Waals surface area contributed by atoms with E-state index in [0.29, 0.717) is 50.8 Å². The molecule has 0 radical (unpaired) electrons. The number of carbonyl (C=O) groups excluding carboxylic acids is 2. The molecular weight excluding hydrogens is 392 g/mol. The van der Waals surface area contributed by atoms with Gasteiger partial charge >= 0.3 is 6.03 Å². The van der Waals surface area contributed by atoms with Gasteiger partial charge in [0, 0.05) is 42.9 Å². The van der Waals surface area contributed by atoms with E-state index in [1.165, 1.54) is 0 Å². The van der Waals surface area contributed by atoms with E-state index in [9.17, 15) is 9.59 Å². The Morgan fingerprint density at radius 3 is 2.45 bits per heavy atom. The Morgan fingerprint density at radius 1 is 1.03 bits per heavy atom. The van der Waals surface area contributed by atoms with Crippen LogP contribution < -0.4 is 5.32 Å². The van der Waals surface area contributed by atoms with Gasteiger partial charge in [0.05, 0.1) is 18.6 Å². The van der Waals surface area contributed by atoms with Gasteiger partial charge in [0.15, 0.2) is 0 Å². The highest BCUT2D eigenvalue weighted by molar-refractivity contribution is 6.30. The van der Waals surface area contributed by atoms with Crippen LogP contribution in [0.5, 0.6) is 0 Å². The van der Waals surface area contributed by atoms with Crippen LogP contribution in [0.4, 0.5) is 10.5 Å². The standard InChI is InChI=1S/C21H29ClN4O3/c1-24-10-7-21(19(27)25-12-14-29-15-13-25)8-11-26(9-6-18(21)24)20(28)23-17-4-2-16(22)3-5-17/h2-5,18H,6-15H2,1H3,(H,23,28)/t18-,21-/m0/s1. The van der Waals surface area contributed by atoms with E-state index in [1.54, 1.807) is 24.3 Å². The maximum atomic E-state index is 13.6. The number of anilines is 1. The summed E-state index contributed by atoms with van der Waals surface area (Å²) in [7, 11) is 2.10. The van der Waals surface area contributed by atoms with E-state index < -0.39 is 5.41 Å². The number of amides is 3. The number of nitrogens with zero attached hydrogens (tertiary/aromatic N) is 3. The number of benzene rings is 1. The van der Waals surface area contributed by atoms with Crippen molar-refractivity contribution < 1.29 is 14.3 Å². The van der Waals surface area contributed by atoms with Crippen LogP contribution in [0.1, 0.15) is 19.3 Å². The van der Waals surface area contributed by atoms with Gasteiger partial charge in [-0.05, 0) is 57.1 Å². The molecule has 3 amide bonds. The van der Waals surface area contributed by atoms with Crippen molar-refractivity contribution in [2.75, 3.05) is 58.3 Å². The van der Waals surface area contributed by atoms with E-state index in [-0.39, 0.29) is 18.0 Å². The summed E-state index contributed by atoms with van der Waals surface area (Å²) in [5.41, 5.74) is 0.321. The van der Waals surface area contributed by atoms with Gasteiger partial charge in [-0.25, -0.2) is 4.79 Å². The molecule has 1 aromatic rings. The highest BCUT2D eigenvalue weighted by Gasteiger charge is 2.54. The van der Waals surface area contributed by atoms with E-state index in [2.05, 4.69) is 17.3 Å². The molecule has 29 heavy (non-hydrogen) atoms. The largest absolute Gasteiger partial charge is 0.378 e. The number of carbonyl (C=O) groups is 2. The third-order valence-electron chi connectivity index (χ3n) is 6.69. The summed E-state index contributed by atoms with van der Waals surface area (Å²) >= 11 is 5.92. The Kier molecular flexibility index (Phi) is 5.99. The molecule has 0 aromatic heterocycles. The second-order valence-corrected chi connectivity index (χ2v) is 8.71. The SMILES string of the molecule is CN1CC[C@]2(C(=O)N3CCOCC3)CCN(C(=O)Nc3ccc(Cl)cc3)CC[C@H]12. The van der Waals surface area contributed by atoms with Crippen molar-refractivity contribution in [1.82, 2.24) is 14.7 Å². The number of hydrogen-bond acceptors (Lipinski definition) is 4. The third kappa shape index (κ3) is 4.09. The van der Waals surface area contributed by atoms with Crippen LogP contribution in [0.15, 0.2) is 24.3 Å². The monoisotopic (exact) mass is 420 g/mol. The lowest BCUT2D eigenvalue weighted by molar-refractivity contribution is -0.148. The Morgan fingerprint density at radius 2 is 1.72 bits per heavy atom. The van der Waals surface area contributed by atoms with Crippen LogP contribution in [0.25, 0.3) is 0 Å². The molecule has 1 aromatic carbocycles. The van der Waals surface area contributed by atoms with Crippen molar-refractivity contribution in [3.8, 4) is 0 Å². The number of halogens is 1. The highest BCUT2D eigenvalue weighted by Crippen LogP contribution is 2.44. The predicted octanol–water partition coefficient (Wildman–Crippen LogP) is 2.52. The number of hydrogen-bond donors (Lipinski definition) is 1. The Labute approximate surface area is 176 Å². The average molecular weight is 421 g/mol. The van der Waals surface area contributed by atoms with Crippen LogP contribution in [0, 0.1) is 5.41 Å². The second kappa shape index (κ2) is 8.50. The first kappa shape index (κ1) is 20.4. The van der Waals surface area contributed by atoms with Crippen molar-refractivity contribution in [1.29, 1.82) is 0 Å². The van der Waals surface area contributed by atoms with Crippen molar-refractivity contribution in [3.05, 3.63) is 29.3 Å². The fourth-order valence-corrected chi connectivity index (χ4v) is 5.14. The minimum Gasteiger partial charge on any atom is -0.378 e. The predicted molar refractivity (Wildman–Crippen MR) is 112 cm³/mol. The summed E-state index contributed by atoms with van der Waals surface area (Å²) in [5.74, 6) is 0.245. The number of morpholine rings is 1. The lowest BCUT2D eigenvalue weighted by Crippen LogP contribution is -2.53. The molecule has 2 atom stereocenters. The Balaban J connectivity index is 1.47. The molecule has 3 heterocycles. The quantitative estimate of drug-likeness (QED) is 0.798. The van der Waals surface area contributed by atoms with E-state index in [4.69, 9.17) is 16.3 Å². The lowest BCUT2D eigenvalue weighted by Gasteiger charge is -2.39. The lowest BCUT2D eigenvalue weighted by atomic mass is 9.75. The Bertz CT molecular complexity index is 753. The maximum absolute atomic E-state index is 13.6. The van der Waals surface area contributed by atoms with Gasteiger partial charge in [0.1, 0.15) is 0 Å². The van der Waals surface area contributed by atoms with Crippen LogP contribution in [0.2, 0.25) is 5.02 Å². The summed E-state index contributed by atoms with van der Waals surface area (Å²) in [5, 5.41) is 3.59. The minimum atomic E-state index is -0.401. The molecule has 0 bridgehead atoms. The van der Waals surface area contributed by atoms with Gasteiger partial charge in [0.25, 0.3) is 0 Å². The van der Waals surface area contributed by atoms with Crippen molar-refractivity contribution in [2.24, 2.45) is 5.41 Å². The van der Waals surface area contributed by atoms with Crippen LogP contribution in [0.3, 0.4) is 0 Å². The number of fused-ring (bicyclic) bond motifs is 1. The molecular formula is C21H29ClN4O3. The summed E-state index contributed by atoms with van der Waals surface area (Å²) in [4.78, 5) is 32.5. The molecule has 3 saturated heterocycles. The van der Waals surface area contributed by atoms with Crippen molar-refractivity contribution in [3.63, 3.8) is 0 Å². The highest BCUT2D eigenvalue weighted by atomic mass is 35.5. The molecule has 0 unspecified atom stereocenters. The Hall–Kier alpha value is -1.83. The number of ether oxygens (including phenoxy) is 1. The number of nitrogens with one attached hydrogen (secondary N) is 1. The summed E-state index contributed by atoms with van der Waals surface area (Å²) in [6.45, 7) is 4.70. The zero-order valence-electron chi connectivity index (χ0n) is 16.9. The molecule has 3 fully saturated rings. The molecule has 0 aliphatic carbocycles. The van der Waals surface area contributed by atoms with Gasteiger partial charge in [-0.2, -0.15) is 0 Å². The molecule has 0 saturated carbocycles. The molecule has 4 rings (SSSR count). The summed E-state index contributed by atoms with van der Waals surface area (Å²) in [6.07, 6.45) is 2.36. The normalized spacial score (nSPS) is 28.0. The number of urea groups is 1. The van der Waals surface area contributed by atoms with Crippen LogP contribution in [-0.2, 0) is 9.53 Å². The van der Waals surface area contributed by atoms with E-state index >= 15 is 0 Å². The molecule has 0 spiro atoms. The molecule has 3 aliphatic rings. The zero-order chi connectivity index (χ0) is 20.4. The summed E-state index contributed by atoms with van der Waals surface area (Å²) in [6, 6.07) is 7.16. The van der Waals surface area contributed by atoms with Gasteiger partial charge in [-0.3, -0.25) is 4.79 Å². The molecule has 7 nitrogen and oxygen atoms in total. The molecule has 1 N–H and O–H groups in total. The third-order valence-corrected chi connectivity index (χ3v) is 6.94. The fourth-order valence-electron chi connectivity index (χ4n) is 5.01. The second-order valence-electron chi connectivity index (χ2n) is 8.27. The zero-order valence-corrected chi connectivity index (χ0v) is 17.7. The topological polar surface area (TPSA) is 65.1 Å². The maximum Gasteiger partial charge on any atom is 0.321 e. The molecule has 3 aliphatic heterocycles. The average Bonchev–Trinajstić information content (AvgIpc) is 2.94. The van der Waals surface area contributed by atoms with Crippen molar-refractivity contribution in [2.45, 2.75) is 25.3 Å². The molecule has 158 valence electrons. The van der Waals surface area contributed by atoms with Gasteiger partial charge in [0.2, 0.25) is 5.91 Å².